The molecule has 1 saturated heterocycles. The van der Waals surface area contributed by atoms with Crippen LogP contribution in [0.2, 0.25) is 0 Å². The fourth-order valence-electron chi connectivity index (χ4n) is 3.03. The lowest BCUT2D eigenvalue weighted by molar-refractivity contribution is -0.125. The van der Waals surface area contributed by atoms with Crippen molar-refractivity contribution in [3.63, 3.8) is 0 Å². The molecule has 0 radical (unpaired) electrons. The Bertz CT molecular complexity index is 841. The van der Waals surface area contributed by atoms with E-state index in [9.17, 15) is 10.1 Å². The van der Waals surface area contributed by atoms with Crippen LogP contribution in [-0.4, -0.2) is 23.9 Å². The van der Waals surface area contributed by atoms with Gasteiger partial charge in [0, 0.05) is 13.1 Å². The normalized spacial score (nSPS) is 14.2. The number of likely N-dealkylation sites (tertiary alicyclic amines) is 1. The van der Waals surface area contributed by atoms with Crippen LogP contribution in [0.4, 0.5) is 0 Å². The van der Waals surface area contributed by atoms with E-state index >= 15 is 0 Å². The van der Waals surface area contributed by atoms with Crippen molar-refractivity contribution in [3.8, 4) is 11.8 Å². The molecule has 3 rings (SSSR count). The van der Waals surface area contributed by atoms with Crippen LogP contribution in [-0.2, 0) is 11.4 Å². The molecule has 0 aliphatic carbocycles. The molecule has 0 saturated carbocycles. The maximum atomic E-state index is 12.3. The van der Waals surface area contributed by atoms with E-state index in [1.807, 2.05) is 42.5 Å². The van der Waals surface area contributed by atoms with E-state index in [4.69, 9.17) is 4.74 Å². The van der Waals surface area contributed by atoms with Crippen LogP contribution in [0.15, 0.2) is 54.1 Å². The summed E-state index contributed by atoms with van der Waals surface area (Å²) in [6, 6.07) is 17.7. The number of amides is 1. The third-order valence-corrected chi connectivity index (χ3v) is 4.42. The van der Waals surface area contributed by atoms with Gasteiger partial charge in [0.05, 0.1) is 0 Å². The summed E-state index contributed by atoms with van der Waals surface area (Å²) in [5.74, 6) is 0.581. The van der Waals surface area contributed by atoms with Crippen molar-refractivity contribution in [1.82, 2.24) is 4.90 Å². The molecule has 26 heavy (non-hydrogen) atoms. The first kappa shape index (κ1) is 17.8. The van der Waals surface area contributed by atoms with Gasteiger partial charge in [-0.2, -0.15) is 5.26 Å². The van der Waals surface area contributed by atoms with Gasteiger partial charge in [-0.25, -0.2) is 0 Å². The highest BCUT2D eigenvalue weighted by molar-refractivity contribution is 6.01. The molecule has 1 heterocycles. The molecule has 0 spiro atoms. The summed E-state index contributed by atoms with van der Waals surface area (Å²) in [6.07, 6.45) is 3.67. The van der Waals surface area contributed by atoms with Crippen LogP contribution in [0.1, 0.15) is 29.5 Å². The van der Waals surface area contributed by atoms with Gasteiger partial charge < -0.3 is 9.64 Å². The van der Waals surface area contributed by atoms with E-state index in [1.54, 1.807) is 11.0 Å². The van der Waals surface area contributed by atoms with Gasteiger partial charge in [-0.15, -0.1) is 0 Å². The summed E-state index contributed by atoms with van der Waals surface area (Å²) < 4.78 is 5.80. The van der Waals surface area contributed by atoms with Gasteiger partial charge >= 0.3 is 0 Å². The van der Waals surface area contributed by atoms with Crippen molar-refractivity contribution in [3.05, 3.63) is 70.8 Å². The number of nitriles is 1. The summed E-state index contributed by atoms with van der Waals surface area (Å²) in [7, 11) is 0. The number of ether oxygens (including phenoxy) is 1. The molecule has 2 aromatic rings. The van der Waals surface area contributed by atoms with E-state index in [1.165, 1.54) is 5.56 Å². The summed E-state index contributed by atoms with van der Waals surface area (Å²) in [6.45, 7) is 4.04. The first-order valence-corrected chi connectivity index (χ1v) is 8.85. The SMILES string of the molecule is Cc1cccc(COc2ccc(/C=C(\C#N)C(=O)N3CCCC3)cc2)c1. The van der Waals surface area contributed by atoms with E-state index < -0.39 is 0 Å². The molecule has 1 aliphatic heterocycles. The van der Waals surface area contributed by atoms with Crippen molar-refractivity contribution in [2.75, 3.05) is 13.1 Å². The Balaban J connectivity index is 1.64. The minimum absolute atomic E-state index is 0.176. The molecule has 0 aromatic heterocycles. The lowest BCUT2D eigenvalue weighted by Gasteiger charge is -2.14. The van der Waals surface area contributed by atoms with Crippen LogP contribution < -0.4 is 4.74 Å². The zero-order chi connectivity index (χ0) is 18.4. The van der Waals surface area contributed by atoms with Crippen molar-refractivity contribution < 1.29 is 9.53 Å². The second-order valence-electron chi connectivity index (χ2n) is 6.52. The molecule has 1 aliphatic rings. The lowest BCUT2D eigenvalue weighted by Crippen LogP contribution is -2.28. The molecule has 4 nitrogen and oxygen atoms in total. The molecule has 1 fully saturated rings. The molecule has 4 heteroatoms. The second-order valence-corrected chi connectivity index (χ2v) is 6.52. The first-order valence-electron chi connectivity index (χ1n) is 8.85. The maximum Gasteiger partial charge on any atom is 0.264 e. The number of hydrogen-bond donors (Lipinski definition) is 0. The molecular formula is C22H22N2O2. The predicted molar refractivity (Wildman–Crippen MR) is 101 cm³/mol. The minimum atomic E-state index is -0.176. The number of rotatable bonds is 5. The standard InChI is InChI=1S/C22H22N2O2/c1-17-5-4-6-19(13-17)16-26-21-9-7-18(8-10-21)14-20(15-23)22(25)24-11-2-3-12-24/h4-10,13-14H,2-3,11-12,16H2,1H3/b20-14+. The largest absolute Gasteiger partial charge is 0.489 e. The van der Waals surface area contributed by atoms with Crippen molar-refractivity contribution >= 4 is 12.0 Å². The van der Waals surface area contributed by atoms with Gasteiger partial charge in [0.25, 0.3) is 5.91 Å². The van der Waals surface area contributed by atoms with Crippen LogP contribution >= 0.6 is 0 Å². The molecule has 0 atom stereocenters. The number of benzene rings is 2. The molecule has 2 aromatic carbocycles. The zero-order valence-electron chi connectivity index (χ0n) is 14.9. The van der Waals surface area contributed by atoms with Crippen LogP contribution in [0.3, 0.4) is 0 Å². The Morgan fingerprint density at radius 2 is 1.92 bits per heavy atom. The van der Waals surface area contributed by atoms with Gasteiger partial charge in [0.2, 0.25) is 0 Å². The molecule has 0 bridgehead atoms. The van der Waals surface area contributed by atoms with Crippen LogP contribution in [0, 0.1) is 18.3 Å². The zero-order valence-corrected chi connectivity index (χ0v) is 14.9. The van der Waals surface area contributed by atoms with E-state index in [0.29, 0.717) is 6.61 Å². The quantitative estimate of drug-likeness (QED) is 0.605. The molecule has 0 N–H and O–H groups in total. The molecule has 1 amide bonds. The Hall–Kier alpha value is -3.06. The smallest absolute Gasteiger partial charge is 0.264 e. The third-order valence-electron chi connectivity index (χ3n) is 4.42. The number of nitrogens with zero attached hydrogens (tertiary/aromatic N) is 2. The highest BCUT2D eigenvalue weighted by Crippen LogP contribution is 2.18. The third kappa shape index (κ3) is 4.52. The average Bonchev–Trinajstić information content (AvgIpc) is 3.20. The number of carbonyl (C=O) groups is 1. The topological polar surface area (TPSA) is 53.3 Å². The van der Waals surface area contributed by atoms with Gasteiger partial charge in [-0.1, -0.05) is 42.0 Å². The molecular weight excluding hydrogens is 324 g/mol. The Kier molecular flexibility index (Phi) is 5.70. The number of carbonyl (C=O) groups excluding carboxylic acids is 1. The van der Waals surface area contributed by atoms with E-state index in [2.05, 4.69) is 19.1 Å². The van der Waals surface area contributed by atoms with Gasteiger partial charge in [0.15, 0.2) is 0 Å². The maximum absolute atomic E-state index is 12.3. The highest BCUT2D eigenvalue weighted by Gasteiger charge is 2.21. The van der Waals surface area contributed by atoms with Crippen molar-refractivity contribution in [1.29, 1.82) is 5.26 Å². The van der Waals surface area contributed by atoms with Crippen molar-refractivity contribution in [2.24, 2.45) is 0 Å². The number of aryl methyl sites for hydroxylation is 1. The number of hydrogen-bond acceptors (Lipinski definition) is 3. The minimum Gasteiger partial charge on any atom is -0.489 e. The fourth-order valence-corrected chi connectivity index (χ4v) is 3.03. The van der Waals surface area contributed by atoms with Crippen LogP contribution in [0.25, 0.3) is 6.08 Å². The monoisotopic (exact) mass is 346 g/mol. The Labute approximate surface area is 154 Å². The summed E-state index contributed by atoms with van der Waals surface area (Å²) in [4.78, 5) is 14.1. The molecule has 0 unspecified atom stereocenters. The predicted octanol–water partition coefficient (Wildman–Crippen LogP) is 4.10. The van der Waals surface area contributed by atoms with E-state index in [0.717, 1.165) is 42.8 Å². The van der Waals surface area contributed by atoms with Crippen LogP contribution in [0.5, 0.6) is 5.75 Å². The fraction of sp³-hybridized carbons (Fsp3) is 0.273. The highest BCUT2D eigenvalue weighted by atomic mass is 16.5. The lowest BCUT2D eigenvalue weighted by atomic mass is 10.1. The first-order chi connectivity index (χ1) is 12.7. The second kappa shape index (κ2) is 8.35. The summed E-state index contributed by atoms with van der Waals surface area (Å²) in [5, 5.41) is 9.31. The van der Waals surface area contributed by atoms with E-state index in [-0.39, 0.29) is 11.5 Å². The Morgan fingerprint density at radius 1 is 1.19 bits per heavy atom. The summed E-state index contributed by atoms with van der Waals surface area (Å²) in [5.41, 5.74) is 3.33. The average molecular weight is 346 g/mol. The van der Waals surface area contributed by atoms with Gasteiger partial charge in [-0.3, -0.25) is 4.79 Å². The summed E-state index contributed by atoms with van der Waals surface area (Å²) >= 11 is 0. The Morgan fingerprint density at radius 3 is 2.58 bits per heavy atom. The van der Waals surface area contributed by atoms with Gasteiger partial charge in [-0.05, 0) is 49.1 Å². The van der Waals surface area contributed by atoms with Crippen molar-refractivity contribution in [2.45, 2.75) is 26.4 Å². The van der Waals surface area contributed by atoms with Gasteiger partial charge in [0.1, 0.15) is 24.0 Å². The molecule has 132 valence electrons.